The Kier molecular flexibility index (Phi) is 6.55. The van der Waals surface area contributed by atoms with Crippen molar-refractivity contribution in [3.8, 4) is 11.6 Å². The Morgan fingerprint density at radius 3 is 2.50 bits per heavy atom. The second-order valence-electron chi connectivity index (χ2n) is 10.0. The maximum Gasteiger partial charge on any atom is 0.338 e. The maximum atomic E-state index is 13.8. The van der Waals surface area contributed by atoms with Crippen LogP contribution in [0.2, 0.25) is 0 Å². The van der Waals surface area contributed by atoms with Gasteiger partial charge < -0.3 is 14.5 Å². The largest absolute Gasteiger partial charge is 0.462 e. The van der Waals surface area contributed by atoms with Crippen molar-refractivity contribution in [2.45, 2.75) is 13.8 Å². The molecule has 1 aliphatic rings. The summed E-state index contributed by atoms with van der Waals surface area (Å²) in [5.74, 6) is -0.623. The van der Waals surface area contributed by atoms with Gasteiger partial charge in [-0.1, -0.05) is 47.7 Å². The Bertz CT molecular complexity index is 2250. The van der Waals surface area contributed by atoms with Crippen molar-refractivity contribution in [1.82, 2.24) is 14.6 Å². The fourth-order valence-corrected chi connectivity index (χ4v) is 6.27. The van der Waals surface area contributed by atoms with E-state index in [0.717, 1.165) is 22.3 Å². The molecule has 1 N–H and O–H groups in total. The van der Waals surface area contributed by atoms with E-state index in [1.807, 2.05) is 31.2 Å². The lowest BCUT2D eigenvalue weighted by atomic mass is 10.1. The number of amides is 2. The predicted molar refractivity (Wildman–Crippen MR) is 165 cm³/mol. The van der Waals surface area contributed by atoms with Crippen LogP contribution in [0.15, 0.2) is 82.0 Å². The Balaban J connectivity index is 1.20. The van der Waals surface area contributed by atoms with E-state index < -0.39 is 23.3 Å². The molecule has 12 heteroatoms. The van der Waals surface area contributed by atoms with Crippen LogP contribution in [0.5, 0.6) is 0 Å². The average molecular weight is 606 g/mol. The van der Waals surface area contributed by atoms with Gasteiger partial charge in [-0.15, -0.1) is 5.10 Å². The summed E-state index contributed by atoms with van der Waals surface area (Å²) in [6, 6.07) is 20.9. The van der Waals surface area contributed by atoms with Crippen LogP contribution in [0.1, 0.15) is 28.4 Å². The van der Waals surface area contributed by atoms with Crippen molar-refractivity contribution in [3.05, 3.63) is 104 Å². The second-order valence-corrected chi connectivity index (χ2v) is 11.0. The van der Waals surface area contributed by atoms with Crippen LogP contribution in [0.25, 0.3) is 33.1 Å². The summed E-state index contributed by atoms with van der Waals surface area (Å²) in [6.45, 7) is 3.60. The van der Waals surface area contributed by atoms with E-state index in [2.05, 4.69) is 15.4 Å². The second kappa shape index (κ2) is 10.6. The third-order valence-electron chi connectivity index (χ3n) is 7.34. The van der Waals surface area contributed by atoms with Gasteiger partial charge in [0.25, 0.3) is 11.5 Å². The zero-order valence-electron chi connectivity index (χ0n) is 23.5. The number of aromatic nitrogens is 3. The molecule has 0 atom stereocenters. The minimum absolute atomic E-state index is 0.183. The standard InChI is InChI=1S/C32H23N5O6S/c1-3-42-31(41)18-12-14-19(15-13-18)33-24(38)16-36-22-10-6-4-9-21(22)25(29(36)39)27-30(40)37-32(44-27)34-28(35-37)26-17(2)20-8-5-7-11-23(20)43-26/h4-15H,3,16H2,1-2H3,(H,33,38). The van der Waals surface area contributed by atoms with E-state index in [0.29, 0.717) is 38.8 Å². The third kappa shape index (κ3) is 4.43. The van der Waals surface area contributed by atoms with Crippen molar-refractivity contribution in [2.24, 2.45) is 0 Å². The molecule has 3 aromatic carbocycles. The molecule has 2 amide bonds. The summed E-state index contributed by atoms with van der Waals surface area (Å²) < 4.78 is 12.3. The molecule has 0 spiro atoms. The SMILES string of the molecule is CCOC(=O)c1ccc(NC(=O)CN2C(=O)C(=c3sc4nc(-c5oc6ccccc6c5C)nn4c3=O)c3ccccc32)cc1. The average Bonchev–Trinajstić information content (AvgIpc) is 3.74. The molecular weight excluding hydrogens is 582 g/mol. The first-order chi connectivity index (χ1) is 21.3. The monoisotopic (exact) mass is 605 g/mol. The topological polar surface area (TPSA) is 136 Å². The summed E-state index contributed by atoms with van der Waals surface area (Å²) in [5, 5.41) is 8.12. The molecule has 0 bridgehead atoms. The minimum atomic E-state index is -0.483. The summed E-state index contributed by atoms with van der Waals surface area (Å²) in [7, 11) is 0. The molecule has 7 rings (SSSR count). The van der Waals surface area contributed by atoms with Gasteiger partial charge in [-0.25, -0.2) is 4.79 Å². The van der Waals surface area contributed by atoms with Crippen molar-refractivity contribution < 1.29 is 23.5 Å². The zero-order chi connectivity index (χ0) is 30.5. The summed E-state index contributed by atoms with van der Waals surface area (Å²) in [5.41, 5.74) is 3.14. The van der Waals surface area contributed by atoms with Gasteiger partial charge in [-0.05, 0) is 50.2 Å². The molecule has 4 heterocycles. The van der Waals surface area contributed by atoms with Crippen LogP contribution in [0.4, 0.5) is 11.4 Å². The minimum Gasteiger partial charge on any atom is -0.462 e. The van der Waals surface area contributed by atoms with Gasteiger partial charge in [-0.2, -0.15) is 9.50 Å². The number of esters is 1. The van der Waals surface area contributed by atoms with Crippen LogP contribution in [-0.2, 0) is 14.3 Å². The molecule has 6 aromatic rings. The molecule has 0 radical (unpaired) electrons. The van der Waals surface area contributed by atoms with E-state index in [1.54, 1.807) is 55.5 Å². The van der Waals surface area contributed by atoms with Crippen molar-refractivity contribution in [2.75, 3.05) is 23.4 Å². The molecule has 0 saturated heterocycles. The predicted octanol–water partition coefficient (Wildman–Crippen LogP) is 3.95. The molecular formula is C32H23N5O6S. The number of hydrogen-bond donors (Lipinski definition) is 1. The molecule has 0 aliphatic carbocycles. The lowest BCUT2D eigenvalue weighted by Crippen LogP contribution is -2.37. The number of para-hydroxylation sites is 2. The quantitative estimate of drug-likeness (QED) is 0.282. The van der Waals surface area contributed by atoms with Crippen LogP contribution < -0.4 is 20.3 Å². The molecule has 1 aliphatic heterocycles. The Hall–Kier alpha value is -5.62. The lowest BCUT2D eigenvalue weighted by molar-refractivity contribution is -0.118. The third-order valence-corrected chi connectivity index (χ3v) is 8.37. The number of carbonyl (C=O) groups is 3. The fourth-order valence-electron chi connectivity index (χ4n) is 5.27. The summed E-state index contributed by atoms with van der Waals surface area (Å²) in [6.07, 6.45) is 0. The number of furan rings is 1. The van der Waals surface area contributed by atoms with E-state index in [4.69, 9.17) is 9.15 Å². The molecule has 0 unspecified atom stereocenters. The van der Waals surface area contributed by atoms with E-state index >= 15 is 0 Å². The first kappa shape index (κ1) is 27.2. The number of carbonyl (C=O) groups excluding carboxylic acids is 3. The van der Waals surface area contributed by atoms with Gasteiger partial charge in [0, 0.05) is 22.2 Å². The van der Waals surface area contributed by atoms with Gasteiger partial charge in [0.1, 0.15) is 16.7 Å². The van der Waals surface area contributed by atoms with Crippen molar-refractivity contribution in [1.29, 1.82) is 0 Å². The number of rotatable bonds is 6. The number of aryl methyl sites for hydroxylation is 1. The number of ether oxygens (including phenoxy) is 1. The van der Waals surface area contributed by atoms with Crippen molar-refractivity contribution in [3.63, 3.8) is 0 Å². The first-order valence-corrected chi connectivity index (χ1v) is 14.6. The smallest absolute Gasteiger partial charge is 0.338 e. The summed E-state index contributed by atoms with van der Waals surface area (Å²) in [4.78, 5) is 58.5. The first-order valence-electron chi connectivity index (χ1n) is 13.7. The van der Waals surface area contributed by atoms with Crippen LogP contribution in [0.3, 0.4) is 0 Å². The number of anilines is 2. The van der Waals surface area contributed by atoms with E-state index in [1.165, 1.54) is 9.42 Å². The number of thiazole rings is 1. The zero-order valence-corrected chi connectivity index (χ0v) is 24.3. The molecule has 0 saturated carbocycles. The van der Waals surface area contributed by atoms with Gasteiger partial charge in [0.05, 0.1) is 23.4 Å². The number of benzene rings is 3. The van der Waals surface area contributed by atoms with Crippen LogP contribution >= 0.6 is 11.3 Å². The van der Waals surface area contributed by atoms with Gasteiger partial charge >= 0.3 is 5.97 Å². The molecule has 11 nitrogen and oxygen atoms in total. The lowest BCUT2D eigenvalue weighted by Gasteiger charge is -2.16. The summed E-state index contributed by atoms with van der Waals surface area (Å²) >= 11 is 1.06. The number of nitrogens with one attached hydrogen (secondary N) is 1. The van der Waals surface area contributed by atoms with Gasteiger partial charge in [0.2, 0.25) is 16.7 Å². The normalized spacial score (nSPS) is 14.0. The highest BCUT2D eigenvalue weighted by Gasteiger charge is 2.35. The van der Waals surface area contributed by atoms with Gasteiger partial charge in [-0.3, -0.25) is 19.3 Å². The highest BCUT2D eigenvalue weighted by Crippen LogP contribution is 2.35. The number of nitrogens with zero attached hydrogens (tertiary/aromatic N) is 4. The highest BCUT2D eigenvalue weighted by molar-refractivity contribution is 7.15. The number of hydrogen-bond acceptors (Lipinski definition) is 9. The van der Waals surface area contributed by atoms with Crippen molar-refractivity contribution >= 4 is 62.0 Å². The molecule has 218 valence electrons. The Morgan fingerprint density at radius 1 is 1.00 bits per heavy atom. The highest BCUT2D eigenvalue weighted by atomic mass is 32.1. The van der Waals surface area contributed by atoms with Crippen LogP contribution in [-0.4, -0.2) is 45.5 Å². The molecule has 44 heavy (non-hydrogen) atoms. The Labute approximate surface area is 253 Å². The van der Waals surface area contributed by atoms with E-state index in [9.17, 15) is 19.2 Å². The van der Waals surface area contributed by atoms with Crippen LogP contribution in [0, 0.1) is 6.92 Å². The Morgan fingerprint density at radius 2 is 1.75 bits per heavy atom. The maximum absolute atomic E-state index is 13.8. The molecule has 0 fully saturated rings. The number of fused-ring (bicyclic) bond motifs is 3. The molecule has 3 aromatic heterocycles. The van der Waals surface area contributed by atoms with Gasteiger partial charge in [0.15, 0.2) is 5.76 Å². The fraction of sp³-hybridized carbons (Fsp3) is 0.125. The van der Waals surface area contributed by atoms with E-state index in [-0.39, 0.29) is 29.1 Å².